The second-order valence-electron chi connectivity index (χ2n) is 6.15. The molecule has 3 aromatic rings. The minimum Gasteiger partial charge on any atom is -0.314 e. The summed E-state index contributed by atoms with van der Waals surface area (Å²) < 4.78 is 5.58. The molecule has 1 atom stereocenters. The molecule has 0 fully saturated rings. The zero-order valence-electron chi connectivity index (χ0n) is 13.4. The van der Waals surface area contributed by atoms with E-state index in [4.69, 9.17) is 4.52 Å². The first-order valence-corrected chi connectivity index (χ1v) is 8.00. The van der Waals surface area contributed by atoms with Crippen LogP contribution >= 0.6 is 0 Å². The first kappa shape index (κ1) is 14.0. The largest absolute Gasteiger partial charge is 0.329 e. The quantitative estimate of drug-likeness (QED) is 0.698. The highest BCUT2D eigenvalue weighted by molar-refractivity contribution is 5.65. The van der Waals surface area contributed by atoms with Crippen LogP contribution in [0.15, 0.2) is 53.1 Å². The Kier molecular flexibility index (Phi) is 3.37. The number of aromatic nitrogens is 2. The molecular formula is C19H19N3O. The van der Waals surface area contributed by atoms with E-state index in [1.54, 1.807) is 0 Å². The number of nitrogens with zero attached hydrogens (tertiary/aromatic N) is 3. The highest BCUT2D eigenvalue weighted by Crippen LogP contribution is 2.36. The van der Waals surface area contributed by atoms with Gasteiger partial charge in [-0.1, -0.05) is 53.2 Å². The smallest absolute Gasteiger partial charge is 0.314 e. The maximum atomic E-state index is 5.58. The van der Waals surface area contributed by atoms with E-state index in [-0.39, 0.29) is 0 Å². The zero-order chi connectivity index (χ0) is 15.8. The SMILES string of the molecule is Cc1ccc(-c2noc(N3c4ccccc4CCC3C)n2)cc1. The number of anilines is 2. The molecule has 4 nitrogen and oxygen atoms in total. The fourth-order valence-corrected chi connectivity index (χ4v) is 3.11. The molecule has 0 saturated heterocycles. The molecule has 1 aliphatic rings. The topological polar surface area (TPSA) is 42.2 Å². The van der Waals surface area contributed by atoms with Crippen LogP contribution in [0.25, 0.3) is 11.4 Å². The Bertz CT molecular complexity index is 823. The van der Waals surface area contributed by atoms with Gasteiger partial charge in [0.1, 0.15) is 0 Å². The summed E-state index contributed by atoms with van der Waals surface area (Å²) >= 11 is 0. The molecule has 1 unspecified atom stereocenters. The number of hydrogen-bond acceptors (Lipinski definition) is 4. The van der Waals surface area contributed by atoms with Crippen molar-refractivity contribution in [3.05, 3.63) is 59.7 Å². The second kappa shape index (κ2) is 5.54. The normalized spacial score (nSPS) is 17.1. The molecular weight excluding hydrogens is 286 g/mol. The molecule has 116 valence electrons. The lowest BCUT2D eigenvalue weighted by molar-refractivity contribution is 0.410. The van der Waals surface area contributed by atoms with Gasteiger partial charge in [-0.25, -0.2) is 0 Å². The monoisotopic (exact) mass is 305 g/mol. The maximum Gasteiger partial charge on any atom is 0.329 e. The van der Waals surface area contributed by atoms with Gasteiger partial charge < -0.3 is 4.52 Å². The van der Waals surface area contributed by atoms with Gasteiger partial charge >= 0.3 is 6.01 Å². The number of rotatable bonds is 2. The Morgan fingerprint density at radius 3 is 2.70 bits per heavy atom. The van der Waals surface area contributed by atoms with Crippen molar-refractivity contribution >= 4 is 11.7 Å². The molecule has 0 N–H and O–H groups in total. The summed E-state index contributed by atoms with van der Waals surface area (Å²) in [5.74, 6) is 0.634. The molecule has 2 aromatic carbocycles. The summed E-state index contributed by atoms with van der Waals surface area (Å²) in [6, 6.07) is 17.5. The van der Waals surface area contributed by atoms with Crippen molar-refractivity contribution in [3.8, 4) is 11.4 Å². The molecule has 0 amide bonds. The molecule has 0 aliphatic carbocycles. The van der Waals surface area contributed by atoms with Crippen LogP contribution in [0.2, 0.25) is 0 Å². The molecule has 4 heteroatoms. The van der Waals surface area contributed by atoms with Crippen molar-refractivity contribution in [2.24, 2.45) is 0 Å². The van der Waals surface area contributed by atoms with Crippen molar-refractivity contribution < 1.29 is 4.52 Å². The highest BCUT2D eigenvalue weighted by atomic mass is 16.5. The number of hydrogen-bond donors (Lipinski definition) is 0. The highest BCUT2D eigenvalue weighted by Gasteiger charge is 2.28. The van der Waals surface area contributed by atoms with Crippen molar-refractivity contribution in [1.29, 1.82) is 0 Å². The van der Waals surface area contributed by atoms with Gasteiger partial charge in [0.25, 0.3) is 0 Å². The predicted octanol–water partition coefficient (Wildman–Crippen LogP) is 4.52. The van der Waals surface area contributed by atoms with Gasteiger partial charge in [0, 0.05) is 17.3 Å². The first-order valence-electron chi connectivity index (χ1n) is 8.00. The summed E-state index contributed by atoms with van der Waals surface area (Å²) in [5, 5.41) is 4.17. The summed E-state index contributed by atoms with van der Waals surface area (Å²) in [4.78, 5) is 6.79. The van der Waals surface area contributed by atoms with E-state index < -0.39 is 0 Å². The lowest BCUT2D eigenvalue weighted by Gasteiger charge is -2.33. The van der Waals surface area contributed by atoms with E-state index in [9.17, 15) is 0 Å². The molecule has 0 radical (unpaired) electrons. The van der Waals surface area contributed by atoms with Gasteiger partial charge in [-0.3, -0.25) is 4.90 Å². The van der Waals surface area contributed by atoms with Crippen LogP contribution in [-0.2, 0) is 6.42 Å². The van der Waals surface area contributed by atoms with Crippen LogP contribution < -0.4 is 4.90 Å². The van der Waals surface area contributed by atoms with Crippen LogP contribution in [0.4, 0.5) is 11.7 Å². The number of benzene rings is 2. The lowest BCUT2D eigenvalue weighted by atomic mass is 9.97. The van der Waals surface area contributed by atoms with E-state index in [0.717, 1.165) is 18.4 Å². The number of aryl methyl sites for hydroxylation is 2. The van der Waals surface area contributed by atoms with Gasteiger partial charge in [-0.2, -0.15) is 4.98 Å². The molecule has 2 heterocycles. The van der Waals surface area contributed by atoms with Crippen LogP contribution in [-0.4, -0.2) is 16.2 Å². The molecule has 0 spiro atoms. The third-order valence-electron chi connectivity index (χ3n) is 4.45. The first-order chi connectivity index (χ1) is 11.2. The zero-order valence-corrected chi connectivity index (χ0v) is 13.4. The standard InChI is InChI=1S/C19H19N3O/c1-13-7-10-16(11-8-13)18-20-19(23-21-18)22-14(2)9-12-15-5-3-4-6-17(15)22/h3-8,10-11,14H,9,12H2,1-2H3. The average molecular weight is 305 g/mol. The Morgan fingerprint density at radius 2 is 1.87 bits per heavy atom. The van der Waals surface area contributed by atoms with Gasteiger partial charge in [0.2, 0.25) is 5.82 Å². The molecule has 1 aromatic heterocycles. The summed E-state index contributed by atoms with van der Waals surface area (Å²) in [6.07, 6.45) is 2.17. The van der Waals surface area contributed by atoms with Gasteiger partial charge in [-0.15, -0.1) is 0 Å². The van der Waals surface area contributed by atoms with Gasteiger partial charge in [-0.05, 0) is 38.3 Å². The third-order valence-corrected chi connectivity index (χ3v) is 4.45. The van der Waals surface area contributed by atoms with Crippen LogP contribution in [0.1, 0.15) is 24.5 Å². The average Bonchev–Trinajstić information content (AvgIpc) is 3.05. The predicted molar refractivity (Wildman–Crippen MR) is 90.8 cm³/mol. The summed E-state index contributed by atoms with van der Waals surface area (Å²) in [7, 11) is 0. The molecule has 4 rings (SSSR count). The second-order valence-corrected chi connectivity index (χ2v) is 6.15. The van der Waals surface area contributed by atoms with Crippen LogP contribution in [0.5, 0.6) is 0 Å². The molecule has 0 saturated carbocycles. The Labute approximate surface area is 135 Å². The minimum absolute atomic E-state index is 0.344. The lowest BCUT2D eigenvalue weighted by Crippen LogP contribution is -2.33. The fraction of sp³-hybridized carbons (Fsp3) is 0.263. The van der Waals surface area contributed by atoms with Crippen LogP contribution in [0.3, 0.4) is 0 Å². The maximum absolute atomic E-state index is 5.58. The molecule has 1 aliphatic heterocycles. The fourth-order valence-electron chi connectivity index (χ4n) is 3.11. The van der Waals surface area contributed by atoms with E-state index in [0.29, 0.717) is 17.9 Å². The summed E-state index contributed by atoms with van der Waals surface area (Å²) in [6.45, 7) is 4.27. The molecule has 23 heavy (non-hydrogen) atoms. The van der Waals surface area contributed by atoms with E-state index in [2.05, 4.69) is 65.3 Å². The Morgan fingerprint density at radius 1 is 1.09 bits per heavy atom. The van der Waals surface area contributed by atoms with Gasteiger partial charge in [0.05, 0.1) is 0 Å². The molecule has 0 bridgehead atoms. The number of fused-ring (bicyclic) bond motifs is 1. The van der Waals surface area contributed by atoms with Crippen LogP contribution in [0, 0.1) is 6.92 Å². The third kappa shape index (κ3) is 2.50. The van der Waals surface area contributed by atoms with E-state index in [1.165, 1.54) is 16.8 Å². The van der Waals surface area contributed by atoms with Crippen molar-refractivity contribution in [3.63, 3.8) is 0 Å². The van der Waals surface area contributed by atoms with E-state index in [1.807, 2.05) is 12.1 Å². The van der Waals surface area contributed by atoms with Crippen molar-refractivity contribution in [2.45, 2.75) is 32.7 Å². The Balaban J connectivity index is 1.73. The van der Waals surface area contributed by atoms with E-state index >= 15 is 0 Å². The van der Waals surface area contributed by atoms with Crippen molar-refractivity contribution in [2.75, 3.05) is 4.90 Å². The van der Waals surface area contributed by atoms with Gasteiger partial charge in [0.15, 0.2) is 0 Å². The minimum atomic E-state index is 0.344. The van der Waals surface area contributed by atoms with Crippen molar-refractivity contribution in [1.82, 2.24) is 10.1 Å². The number of para-hydroxylation sites is 1. The Hall–Kier alpha value is -2.62. The summed E-state index contributed by atoms with van der Waals surface area (Å²) in [5.41, 5.74) is 4.70.